The summed E-state index contributed by atoms with van der Waals surface area (Å²) >= 11 is 0. The largest absolute Gasteiger partial charge is 0.481 e. The first-order valence-electron chi connectivity index (χ1n) is 6.23. The normalized spacial score (nSPS) is 20.7. The van der Waals surface area contributed by atoms with Gasteiger partial charge in [-0.05, 0) is 11.6 Å². The van der Waals surface area contributed by atoms with Crippen molar-refractivity contribution < 1.29 is 28.6 Å². The second kappa shape index (κ2) is 5.51. The topological polar surface area (TPSA) is 83.9 Å². The summed E-state index contributed by atoms with van der Waals surface area (Å²) in [7, 11) is 2.71. The van der Waals surface area contributed by atoms with Crippen LogP contribution in [0, 0.1) is 0 Å². The molecule has 1 aliphatic carbocycles. The standard InChI is InChI=1S/C14H14FNO5/c1-16-9-5-7(15)3-4-8(9)12(10(17)6-11(18)19)13(16)14(20)21-2/h3-4,9H,5-6H2,1-2H3,(H,18,19). The van der Waals surface area contributed by atoms with Crippen molar-refractivity contribution in [1.82, 2.24) is 4.90 Å². The molecule has 1 heterocycles. The fourth-order valence-corrected chi connectivity index (χ4v) is 2.58. The van der Waals surface area contributed by atoms with Gasteiger partial charge in [0.15, 0.2) is 5.78 Å². The summed E-state index contributed by atoms with van der Waals surface area (Å²) < 4.78 is 18.1. The number of allylic oxidation sites excluding steroid dienone is 2. The van der Waals surface area contributed by atoms with Crippen molar-refractivity contribution in [3.63, 3.8) is 0 Å². The van der Waals surface area contributed by atoms with Gasteiger partial charge in [0.25, 0.3) is 0 Å². The van der Waals surface area contributed by atoms with E-state index in [4.69, 9.17) is 5.11 Å². The zero-order chi connectivity index (χ0) is 15.7. The Labute approximate surface area is 120 Å². The van der Waals surface area contributed by atoms with Crippen molar-refractivity contribution in [3.8, 4) is 0 Å². The summed E-state index contributed by atoms with van der Waals surface area (Å²) in [6.45, 7) is 0. The number of hydrogen-bond acceptors (Lipinski definition) is 5. The predicted octanol–water partition coefficient (Wildman–Crippen LogP) is 0.955. The van der Waals surface area contributed by atoms with Crippen molar-refractivity contribution in [2.75, 3.05) is 14.2 Å². The van der Waals surface area contributed by atoms with E-state index in [1.54, 1.807) is 7.05 Å². The van der Waals surface area contributed by atoms with Crippen LogP contribution in [-0.2, 0) is 19.1 Å². The smallest absolute Gasteiger partial charge is 0.355 e. The number of Topliss-reactive ketones (excluding diaryl/α,β-unsaturated/α-hetero) is 1. The molecule has 0 amide bonds. The van der Waals surface area contributed by atoms with Gasteiger partial charge in [0.05, 0.1) is 18.7 Å². The molecule has 0 aromatic carbocycles. The van der Waals surface area contributed by atoms with E-state index in [2.05, 4.69) is 4.74 Å². The molecule has 0 aromatic heterocycles. The lowest BCUT2D eigenvalue weighted by atomic mass is 9.91. The minimum atomic E-state index is -1.29. The number of rotatable bonds is 4. The van der Waals surface area contributed by atoms with E-state index in [0.717, 1.165) is 7.11 Å². The van der Waals surface area contributed by atoms with E-state index >= 15 is 0 Å². The number of aliphatic carboxylic acids is 1. The average molecular weight is 295 g/mol. The SMILES string of the molecule is COC(=O)C1=C(C(=O)CC(=O)O)C2=CC=C(F)CC2N1C. The number of fused-ring (bicyclic) bond motifs is 1. The number of carbonyl (C=O) groups is 3. The summed E-state index contributed by atoms with van der Waals surface area (Å²) in [4.78, 5) is 36.2. The molecule has 1 N–H and O–H groups in total. The van der Waals surface area contributed by atoms with Gasteiger partial charge in [-0.25, -0.2) is 9.18 Å². The van der Waals surface area contributed by atoms with Crippen LogP contribution in [0.4, 0.5) is 4.39 Å². The van der Waals surface area contributed by atoms with Crippen molar-refractivity contribution in [2.24, 2.45) is 0 Å². The Morgan fingerprint density at radius 2 is 2.10 bits per heavy atom. The van der Waals surface area contributed by atoms with Gasteiger partial charge in [-0.3, -0.25) is 9.59 Å². The van der Waals surface area contributed by atoms with Gasteiger partial charge in [0, 0.05) is 13.5 Å². The number of halogens is 1. The average Bonchev–Trinajstić information content (AvgIpc) is 2.70. The van der Waals surface area contributed by atoms with Crippen LogP contribution in [0.1, 0.15) is 12.8 Å². The molecular formula is C14H14FNO5. The number of carboxylic acid groups (broad SMARTS) is 1. The predicted molar refractivity (Wildman–Crippen MR) is 69.7 cm³/mol. The van der Waals surface area contributed by atoms with Gasteiger partial charge < -0.3 is 14.7 Å². The molecule has 1 atom stereocenters. The summed E-state index contributed by atoms with van der Waals surface area (Å²) in [6.07, 6.45) is 1.91. The summed E-state index contributed by atoms with van der Waals surface area (Å²) in [5.74, 6) is -3.10. The van der Waals surface area contributed by atoms with Gasteiger partial charge in [-0.15, -0.1) is 0 Å². The molecular weight excluding hydrogens is 281 g/mol. The van der Waals surface area contributed by atoms with Gasteiger partial charge in [0.1, 0.15) is 17.9 Å². The molecule has 21 heavy (non-hydrogen) atoms. The first-order chi connectivity index (χ1) is 9.86. The van der Waals surface area contributed by atoms with Crippen LogP contribution >= 0.6 is 0 Å². The van der Waals surface area contributed by atoms with Gasteiger partial charge >= 0.3 is 11.9 Å². The van der Waals surface area contributed by atoms with Gasteiger partial charge in [-0.1, -0.05) is 6.08 Å². The number of carbonyl (C=O) groups excluding carboxylic acids is 2. The van der Waals surface area contributed by atoms with E-state index in [1.807, 2.05) is 0 Å². The Bertz CT molecular complexity index is 617. The molecule has 112 valence electrons. The van der Waals surface area contributed by atoms with E-state index < -0.39 is 30.2 Å². The fraction of sp³-hybridized carbons (Fsp3) is 0.357. The quantitative estimate of drug-likeness (QED) is 0.614. The zero-order valence-corrected chi connectivity index (χ0v) is 11.6. The highest BCUT2D eigenvalue weighted by Crippen LogP contribution is 2.39. The van der Waals surface area contributed by atoms with Crippen LogP contribution in [-0.4, -0.2) is 47.9 Å². The number of esters is 1. The fourth-order valence-electron chi connectivity index (χ4n) is 2.58. The van der Waals surface area contributed by atoms with Crippen molar-refractivity contribution >= 4 is 17.7 Å². The number of nitrogens with zero attached hydrogens (tertiary/aromatic N) is 1. The van der Waals surface area contributed by atoms with Crippen molar-refractivity contribution in [3.05, 3.63) is 34.8 Å². The van der Waals surface area contributed by atoms with Crippen LogP contribution in [0.5, 0.6) is 0 Å². The zero-order valence-electron chi connectivity index (χ0n) is 11.6. The Hall–Kier alpha value is -2.44. The number of carboxylic acids is 1. The molecule has 0 fully saturated rings. The summed E-state index contributed by atoms with van der Waals surface area (Å²) in [5.41, 5.74) is 0.425. The van der Waals surface area contributed by atoms with Crippen molar-refractivity contribution in [2.45, 2.75) is 18.9 Å². The molecule has 6 nitrogen and oxygen atoms in total. The summed E-state index contributed by atoms with van der Waals surface area (Å²) in [5, 5.41) is 8.77. The third-order valence-electron chi connectivity index (χ3n) is 3.51. The third kappa shape index (κ3) is 2.58. The number of ketones is 1. The molecule has 0 aromatic rings. The maximum absolute atomic E-state index is 13.4. The first-order valence-corrected chi connectivity index (χ1v) is 6.23. The van der Waals surface area contributed by atoms with Crippen LogP contribution in [0.2, 0.25) is 0 Å². The molecule has 0 bridgehead atoms. The van der Waals surface area contributed by atoms with Crippen LogP contribution in [0.3, 0.4) is 0 Å². The highest BCUT2D eigenvalue weighted by Gasteiger charge is 2.42. The van der Waals surface area contributed by atoms with Crippen molar-refractivity contribution in [1.29, 1.82) is 0 Å². The van der Waals surface area contributed by atoms with Crippen LogP contribution < -0.4 is 0 Å². The van der Waals surface area contributed by atoms with Crippen LogP contribution in [0.15, 0.2) is 34.8 Å². The maximum Gasteiger partial charge on any atom is 0.355 e. The molecule has 7 heteroatoms. The highest BCUT2D eigenvalue weighted by atomic mass is 19.1. The van der Waals surface area contributed by atoms with E-state index in [1.165, 1.54) is 17.1 Å². The number of methoxy groups -OCH3 is 1. The van der Waals surface area contributed by atoms with Gasteiger partial charge in [0.2, 0.25) is 0 Å². The maximum atomic E-state index is 13.4. The van der Waals surface area contributed by atoms with E-state index in [0.29, 0.717) is 5.57 Å². The lowest BCUT2D eigenvalue weighted by Gasteiger charge is -2.25. The first kappa shape index (κ1) is 15.0. The van der Waals surface area contributed by atoms with E-state index in [9.17, 15) is 18.8 Å². The summed E-state index contributed by atoms with van der Waals surface area (Å²) in [6, 6.07) is -0.503. The van der Waals surface area contributed by atoms with E-state index in [-0.39, 0.29) is 23.5 Å². The Balaban J connectivity index is 2.54. The number of hydrogen-bond donors (Lipinski definition) is 1. The molecule has 1 aliphatic heterocycles. The number of ether oxygens (including phenoxy) is 1. The molecule has 0 saturated heterocycles. The minimum Gasteiger partial charge on any atom is -0.481 e. The second-order valence-corrected chi connectivity index (χ2v) is 4.78. The Morgan fingerprint density at radius 1 is 1.43 bits per heavy atom. The minimum absolute atomic E-state index is 0.000463. The lowest BCUT2D eigenvalue weighted by Crippen LogP contribution is -2.31. The monoisotopic (exact) mass is 295 g/mol. The second-order valence-electron chi connectivity index (χ2n) is 4.78. The molecule has 0 spiro atoms. The molecule has 2 aliphatic rings. The van der Waals surface area contributed by atoms with Gasteiger partial charge in [-0.2, -0.15) is 0 Å². The Kier molecular flexibility index (Phi) is 3.93. The highest BCUT2D eigenvalue weighted by molar-refractivity contribution is 6.13. The third-order valence-corrected chi connectivity index (χ3v) is 3.51. The molecule has 0 radical (unpaired) electrons. The Morgan fingerprint density at radius 3 is 2.67 bits per heavy atom. The lowest BCUT2D eigenvalue weighted by molar-refractivity contribution is -0.140. The molecule has 1 unspecified atom stereocenters. The molecule has 2 rings (SSSR count). The molecule has 0 saturated carbocycles. The number of likely N-dealkylation sites (N-methyl/N-ethyl adjacent to an activating group) is 1. The van der Waals surface area contributed by atoms with Crippen LogP contribution in [0.25, 0.3) is 0 Å².